The molecule has 0 amide bonds. The van der Waals surface area contributed by atoms with Crippen molar-refractivity contribution < 1.29 is 9.84 Å². The molecule has 0 saturated carbocycles. The summed E-state index contributed by atoms with van der Waals surface area (Å²) < 4.78 is 5.63. The molecule has 3 atom stereocenters. The van der Waals surface area contributed by atoms with Gasteiger partial charge < -0.3 is 19.6 Å². The van der Waals surface area contributed by atoms with Crippen molar-refractivity contribution >= 4 is 0 Å². The summed E-state index contributed by atoms with van der Waals surface area (Å²) in [7, 11) is 8.01. The molecule has 0 bridgehead atoms. The van der Waals surface area contributed by atoms with Gasteiger partial charge in [0, 0.05) is 12.6 Å². The van der Waals surface area contributed by atoms with Gasteiger partial charge in [0.1, 0.15) is 0 Å². The first kappa shape index (κ1) is 15.8. The Morgan fingerprint density at radius 1 is 1.19 bits per heavy atom. The van der Waals surface area contributed by atoms with Gasteiger partial charge >= 0.3 is 0 Å². The summed E-state index contributed by atoms with van der Waals surface area (Å²) in [5.41, 5.74) is 0. The number of hydrogen-bond donors (Lipinski definition) is 1. The smallest absolute Gasteiger partial charge is 0.0953 e. The predicted molar refractivity (Wildman–Crippen MR) is 67.7 cm³/mol. The van der Waals surface area contributed by atoms with Crippen molar-refractivity contribution in [2.45, 2.75) is 38.5 Å². The zero-order valence-electron chi connectivity index (χ0n) is 11.6. The Bertz CT molecular complexity index is 174. The summed E-state index contributed by atoms with van der Waals surface area (Å²) in [4.78, 5) is 4.12. The molecule has 16 heavy (non-hydrogen) atoms. The highest BCUT2D eigenvalue weighted by Gasteiger charge is 2.25. The zero-order chi connectivity index (χ0) is 12.7. The van der Waals surface area contributed by atoms with Gasteiger partial charge in [-0.05, 0) is 41.5 Å². The van der Waals surface area contributed by atoms with Crippen LogP contribution in [0.3, 0.4) is 0 Å². The Morgan fingerprint density at radius 2 is 1.75 bits per heavy atom. The number of hydrogen-bond acceptors (Lipinski definition) is 4. The van der Waals surface area contributed by atoms with Crippen LogP contribution in [-0.4, -0.2) is 74.5 Å². The zero-order valence-corrected chi connectivity index (χ0v) is 11.6. The van der Waals surface area contributed by atoms with Gasteiger partial charge in [0.05, 0.1) is 18.8 Å². The van der Waals surface area contributed by atoms with E-state index in [1.807, 2.05) is 35.1 Å². The van der Waals surface area contributed by atoms with E-state index >= 15 is 0 Å². The van der Waals surface area contributed by atoms with Gasteiger partial charge in [0.25, 0.3) is 0 Å². The summed E-state index contributed by atoms with van der Waals surface area (Å²) in [6.07, 6.45) is 0.379. The molecule has 0 aliphatic carbocycles. The fraction of sp³-hybridized carbons (Fsp3) is 1.00. The summed E-state index contributed by atoms with van der Waals surface area (Å²) in [6, 6.07) is 0.161. The van der Waals surface area contributed by atoms with Crippen LogP contribution in [0.5, 0.6) is 0 Å². The van der Waals surface area contributed by atoms with Crippen molar-refractivity contribution in [2.75, 3.05) is 41.3 Å². The summed E-state index contributed by atoms with van der Waals surface area (Å²) in [6.45, 7) is 5.57. The molecule has 2 unspecified atom stereocenters. The predicted octanol–water partition coefficient (Wildman–Crippen LogP) is 0.654. The van der Waals surface area contributed by atoms with E-state index in [2.05, 4.69) is 16.7 Å². The molecule has 0 aliphatic heterocycles. The molecule has 0 aromatic heterocycles. The van der Waals surface area contributed by atoms with Crippen molar-refractivity contribution in [3.05, 3.63) is 0 Å². The highest BCUT2D eigenvalue weighted by Crippen LogP contribution is 2.11. The SMILES string of the molecule is CCC(C(O)[C@H](C)OCCN(C)C)N(C)C. The first-order valence-electron chi connectivity index (χ1n) is 6.01. The van der Waals surface area contributed by atoms with Crippen LogP contribution >= 0.6 is 0 Å². The molecule has 0 heterocycles. The lowest BCUT2D eigenvalue weighted by Crippen LogP contribution is -2.45. The first-order valence-corrected chi connectivity index (χ1v) is 6.01. The van der Waals surface area contributed by atoms with Crippen LogP contribution in [0.25, 0.3) is 0 Å². The number of nitrogens with zero attached hydrogens (tertiary/aromatic N) is 2. The molecule has 4 nitrogen and oxygen atoms in total. The highest BCUT2D eigenvalue weighted by atomic mass is 16.5. The molecule has 0 saturated heterocycles. The van der Waals surface area contributed by atoms with Crippen molar-refractivity contribution in [1.82, 2.24) is 9.80 Å². The quantitative estimate of drug-likeness (QED) is 0.667. The third-order valence-corrected chi connectivity index (χ3v) is 2.88. The maximum absolute atomic E-state index is 10.1. The Morgan fingerprint density at radius 3 is 2.12 bits per heavy atom. The largest absolute Gasteiger partial charge is 0.389 e. The molecule has 1 N–H and O–H groups in total. The van der Waals surface area contributed by atoms with Crippen LogP contribution in [0.1, 0.15) is 20.3 Å². The second-order valence-corrected chi connectivity index (χ2v) is 4.81. The minimum Gasteiger partial charge on any atom is -0.389 e. The molecule has 0 aromatic rings. The average Bonchev–Trinajstić information content (AvgIpc) is 2.17. The second kappa shape index (κ2) is 8.01. The standard InChI is InChI=1S/C12H28N2O2/c1-7-11(14(5)6)12(15)10(2)16-9-8-13(3)4/h10-12,15H,7-9H2,1-6H3/t10-,11?,12?/m0/s1. The molecule has 0 rings (SSSR count). The lowest BCUT2D eigenvalue weighted by molar-refractivity contribution is -0.0616. The van der Waals surface area contributed by atoms with E-state index in [1.54, 1.807) is 0 Å². The number of likely N-dealkylation sites (N-methyl/N-ethyl adjacent to an activating group) is 2. The van der Waals surface area contributed by atoms with Gasteiger partial charge in [-0.3, -0.25) is 0 Å². The van der Waals surface area contributed by atoms with E-state index in [4.69, 9.17) is 4.74 Å². The van der Waals surface area contributed by atoms with E-state index in [0.717, 1.165) is 13.0 Å². The van der Waals surface area contributed by atoms with E-state index in [0.29, 0.717) is 6.61 Å². The van der Waals surface area contributed by atoms with Crippen LogP contribution in [0.4, 0.5) is 0 Å². The maximum Gasteiger partial charge on any atom is 0.0953 e. The van der Waals surface area contributed by atoms with Crippen LogP contribution in [-0.2, 0) is 4.74 Å². The normalized spacial score (nSPS) is 17.8. The number of aliphatic hydroxyl groups is 1. The third kappa shape index (κ3) is 5.80. The van der Waals surface area contributed by atoms with Gasteiger partial charge in [-0.25, -0.2) is 0 Å². The fourth-order valence-electron chi connectivity index (χ4n) is 1.74. The van der Waals surface area contributed by atoms with Crippen LogP contribution in [0.15, 0.2) is 0 Å². The molecule has 98 valence electrons. The molecule has 0 aliphatic rings. The molecular weight excluding hydrogens is 204 g/mol. The minimum atomic E-state index is -0.429. The average molecular weight is 232 g/mol. The highest BCUT2D eigenvalue weighted by molar-refractivity contribution is 4.79. The van der Waals surface area contributed by atoms with Crippen molar-refractivity contribution in [2.24, 2.45) is 0 Å². The Kier molecular flexibility index (Phi) is 7.93. The van der Waals surface area contributed by atoms with Gasteiger partial charge in [0.15, 0.2) is 0 Å². The van der Waals surface area contributed by atoms with Gasteiger partial charge in [-0.1, -0.05) is 6.92 Å². The molecule has 0 fully saturated rings. The van der Waals surface area contributed by atoms with E-state index in [-0.39, 0.29) is 12.1 Å². The lowest BCUT2D eigenvalue weighted by atomic mass is 10.0. The van der Waals surface area contributed by atoms with E-state index in [1.165, 1.54) is 0 Å². The van der Waals surface area contributed by atoms with Crippen LogP contribution in [0.2, 0.25) is 0 Å². The summed E-state index contributed by atoms with van der Waals surface area (Å²) >= 11 is 0. The van der Waals surface area contributed by atoms with E-state index in [9.17, 15) is 5.11 Å². The molecule has 0 spiro atoms. The second-order valence-electron chi connectivity index (χ2n) is 4.81. The van der Waals surface area contributed by atoms with E-state index < -0.39 is 6.10 Å². The van der Waals surface area contributed by atoms with Crippen LogP contribution in [0, 0.1) is 0 Å². The van der Waals surface area contributed by atoms with Crippen molar-refractivity contribution in [3.8, 4) is 0 Å². The molecule has 0 radical (unpaired) electrons. The third-order valence-electron chi connectivity index (χ3n) is 2.88. The van der Waals surface area contributed by atoms with Gasteiger partial charge in [0.2, 0.25) is 0 Å². The Labute approximate surface area is 100 Å². The maximum atomic E-state index is 10.1. The summed E-state index contributed by atoms with van der Waals surface area (Å²) in [5, 5.41) is 10.1. The first-order chi connectivity index (χ1) is 7.40. The van der Waals surface area contributed by atoms with Gasteiger partial charge in [-0.2, -0.15) is 0 Å². The molecular formula is C12H28N2O2. The van der Waals surface area contributed by atoms with Crippen molar-refractivity contribution in [3.63, 3.8) is 0 Å². The van der Waals surface area contributed by atoms with Gasteiger partial charge in [-0.15, -0.1) is 0 Å². The number of aliphatic hydroxyl groups excluding tert-OH is 1. The minimum absolute atomic E-state index is 0.118. The Balaban J connectivity index is 4.00. The van der Waals surface area contributed by atoms with Crippen molar-refractivity contribution in [1.29, 1.82) is 0 Å². The topological polar surface area (TPSA) is 35.9 Å². The monoisotopic (exact) mass is 232 g/mol. The lowest BCUT2D eigenvalue weighted by Gasteiger charge is -2.31. The Hall–Kier alpha value is -0.160. The van der Waals surface area contributed by atoms with Crippen LogP contribution < -0.4 is 0 Å². The molecule has 0 aromatic carbocycles. The summed E-state index contributed by atoms with van der Waals surface area (Å²) in [5.74, 6) is 0. The molecule has 4 heteroatoms. The number of rotatable bonds is 8. The fourth-order valence-corrected chi connectivity index (χ4v) is 1.74. The number of ether oxygens (including phenoxy) is 1.